The summed E-state index contributed by atoms with van der Waals surface area (Å²) in [7, 11) is 0. The minimum absolute atomic E-state index is 0.574. The maximum absolute atomic E-state index is 9.83. The number of aromatic nitrogens is 2. The zero-order chi connectivity index (χ0) is 19.5. The van der Waals surface area contributed by atoms with Gasteiger partial charge in [-0.05, 0) is 31.0 Å². The number of rotatable bonds is 3. The van der Waals surface area contributed by atoms with Crippen molar-refractivity contribution in [2.45, 2.75) is 13.8 Å². The molecule has 0 bridgehead atoms. The average Bonchev–Trinajstić information content (AvgIpc) is 2.75. The Morgan fingerprint density at radius 3 is 2.14 bits per heavy atom. The molecule has 2 aliphatic rings. The van der Waals surface area contributed by atoms with E-state index in [1.807, 2.05) is 0 Å². The molecule has 2 saturated heterocycles. The van der Waals surface area contributed by atoms with Gasteiger partial charge in [0.2, 0.25) is 0 Å². The number of piperazine rings is 1. The molecule has 1 aromatic heterocycles. The number of benzene rings is 1. The molecule has 0 N–H and O–H groups in total. The van der Waals surface area contributed by atoms with Crippen molar-refractivity contribution >= 4 is 17.3 Å². The van der Waals surface area contributed by atoms with Crippen LogP contribution in [0, 0.1) is 25.2 Å². The Bertz CT molecular complexity index is 879. The van der Waals surface area contributed by atoms with Crippen LogP contribution in [0.3, 0.4) is 0 Å². The molecule has 146 valence electrons. The summed E-state index contributed by atoms with van der Waals surface area (Å²) in [4.78, 5) is 15.7. The Kier molecular flexibility index (Phi) is 5.31. The highest BCUT2D eigenvalue weighted by molar-refractivity contribution is 5.67. The second-order valence-corrected chi connectivity index (χ2v) is 7.37. The first-order valence-corrected chi connectivity index (χ1v) is 9.82. The number of ether oxygens (including phenoxy) is 1. The minimum Gasteiger partial charge on any atom is -0.378 e. The van der Waals surface area contributed by atoms with Gasteiger partial charge in [0.05, 0.1) is 13.2 Å². The normalized spacial score (nSPS) is 17.5. The number of anilines is 3. The molecule has 4 rings (SSSR count). The van der Waals surface area contributed by atoms with E-state index in [2.05, 4.69) is 62.8 Å². The largest absolute Gasteiger partial charge is 0.378 e. The van der Waals surface area contributed by atoms with E-state index in [0.717, 1.165) is 50.9 Å². The number of hydrogen-bond acceptors (Lipinski definition) is 7. The first-order chi connectivity index (χ1) is 13.7. The fourth-order valence-corrected chi connectivity index (χ4v) is 3.94. The molecule has 1 aromatic carbocycles. The molecule has 7 nitrogen and oxygen atoms in total. The Morgan fingerprint density at radius 1 is 0.893 bits per heavy atom. The van der Waals surface area contributed by atoms with E-state index >= 15 is 0 Å². The third-order valence-electron chi connectivity index (χ3n) is 5.51. The predicted octanol–water partition coefficient (Wildman–Crippen LogP) is 2.13. The van der Waals surface area contributed by atoms with Crippen LogP contribution >= 0.6 is 0 Å². The van der Waals surface area contributed by atoms with Gasteiger partial charge in [0.25, 0.3) is 0 Å². The average molecular weight is 378 g/mol. The monoisotopic (exact) mass is 378 g/mol. The van der Waals surface area contributed by atoms with Gasteiger partial charge in [0, 0.05) is 45.0 Å². The predicted molar refractivity (Wildman–Crippen MR) is 110 cm³/mol. The molecule has 0 unspecified atom stereocenters. The summed E-state index contributed by atoms with van der Waals surface area (Å²) in [6, 6.07) is 8.95. The van der Waals surface area contributed by atoms with Crippen LogP contribution in [0.2, 0.25) is 0 Å². The first-order valence-electron chi connectivity index (χ1n) is 9.82. The van der Waals surface area contributed by atoms with Gasteiger partial charge in [-0.2, -0.15) is 5.26 Å². The van der Waals surface area contributed by atoms with Crippen molar-refractivity contribution in [3.05, 3.63) is 41.2 Å². The Labute approximate surface area is 166 Å². The van der Waals surface area contributed by atoms with Crippen LogP contribution in [0.5, 0.6) is 0 Å². The van der Waals surface area contributed by atoms with Gasteiger partial charge in [-0.25, -0.2) is 9.97 Å². The smallest absolute Gasteiger partial charge is 0.152 e. The van der Waals surface area contributed by atoms with Gasteiger partial charge in [-0.3, -0.25) is 0 Å². The fraction of sp³-hybridized carbons (Fsp3) is 0.476. The summed E-state index contributed by atoms with van der Waals surface area (Å²) < 4.78 is 5.43. The van der Waals surface area contributed by atoms with Crippen molar-refractivity contribution in [3.8, 4) is 6.07 Å². The highest BCUT2D eigenvalue weighted by Crippen LogP contribution is 2.28. The lowest BCUT2D eigenvalue weighted by Gasteiger charge is -2.38. The van der Waals surface area contributed by atoms with Crippen molar-refractivity contribution < 1.29 is 4.74 Å². The summed E-state index contributed by atoms with van der Waals surface area (Å²) in [5, 5.41) is 9.83. The molecule has 0 spiro atoms. The van der Waals surface area contributed by atoms with Gasteiger partial charge in [0.1, 0.15) is 18.0 Å². The van der Waals surface area contributed by atoms with E-state index in [1.54, 1.807) is 6.33 Å². The number of hydrogen-bond donors (Lipinski definition) is 0. The zero-order valence-electron chi connectivity index (χ0n) is 16.6. The lowest BCUT2D eigenvalue weighted by atomic mass is 10.1. The summed E-state index contributed by atoms with van der Waals surface area (Å²) in [6.45, 7) is 10.6. The van der Waals surface area contributed by atoms with Crippen LogP contribution in [-0.2, 0) is 4.74 Å². The minimum atomic E-state index is 0.574. The van der Waals surface area contributed by atoms with Crippen LogP contribution in [0.1, 0.15) is 16.7 Å². The van der Waals surface area contributed by atoms with Crippen molar-refractivity contribution in [1.82, 2.24) is 9.97 Å². The highest BCUT2D eigenvalue weighted by Gasteiger charge is 2.25. The summed E-state index contributed by atoms with van der Waals surface area (Å²) in [5.41, 5.74) is 4.45. The highest BCUT2D eigenvalue weighted by atomic mass is 16.5. The van der Waals surface area contributed by atoms with Crippen LogP contribution in [0.4, 0.5) is 17.3 Å². The maximum Gasteiger partial charge on any atom is 0.152 e. The van der Waals surface area contributed by atoms with E-state index in [4.69, 9.17) is 4.74 Å². The van der Waals surface area contributed by atoms with Crippen molar-refractivity contribution in [3.63, 3.8) is 0 Å². The second-order valence-electron chi connectivity index (χ2n) is 7.37. The lowest BCUT2D eigenvalue weighted by molar-refractivity contribution is 0.122. The first kappa shape index (κ1) is 18.5. The number of aryl methyl sites for hydroxylation is 2. The van der Waals surface area contributed by atoms with Gasteiger partial charge in [-0.1, -0.05) is 12.1 Å². The SMILES string of the molecule is Cc1ccc(C)c(N2CCN(c3ncnc(N4CCOCC4)c3C#N)CC2)c1. The van der Waals surface area contributed by atoms with Gasteiger partial charge in [0.15, 0.2) is 11.6 Å². The molecular weight excluding hydrogens is 352 g/mol. The third kappa shape index (κ3) is 3.60. The molecule has 0 saturated carbocycles. The number of nitriles is 1. The molecule has 2 fully saturated rings. The van der Waals surface area contributed by atoms with E-state index in [0.29, 0.717) is 18.8 Å². The van der Waals surface area contributed by atoms with E-state index < -0.39 is 0 Å². The van der Waals surface area contributed by atoms with E-state index in [-0.39, 0.29) is 0 Å². The number of nitrogens with zero attached hydrogens (tertiary/aromatic N) is 6. The van der Waals surface area contributed by atoms with Crippen LogP contribution in [0.15, 0.2) is 24.5 Å². The summed E-state index contributed by atoms with van der Waals surface area (Å²) >= 11 is 0. The molecule has 28 heavy (non-hydrogen) atoms. The van der Waals surface area contributed by atoms with Gasteiger partial charge < -0.3 is 19.4 Å². The Morgan fingerprint density at radius 2 is 1.50 bits per heavy atom. The second kappa shape index (κ2) is 8.03. The van der Waals surface area contributed by atoms with Crippen molar-refractivity contribution in [2.24, 2.45) is 0 Å². The molecular formula is C21H26N6O. The zero-order valence-corrected chi connectivity index (χ0v) is 16.6. The van der Waals surface area contributed by atoms with E-state index in [1.165, 1.54) is 16.8 Å². The van der Waals surface area contributed by atoms with Crippen LogP contribution < -0.4 is 14.7 Å². The lowest BCUT2D eigenvalue weighted by Crippen LogP contribution is -2.47. The van der Waals surface area contributed by atoms with Crippen LogP contribution in [0.25, 0.3) is 0 Å². The summed E-state index contributed by atoms with van der Waals surface area (Å²) in [6.07, 6.45) is 1.58. The fourth-order valence-electron chi connectivity index (χ4n) is 3.94. The standard InChI is InChI=1S/C21H26N6O/c1-16-3-4-17(2)19(13-16)25-5-7-26(8-6-25)20-18(14-22)21(24-15-23-20)27-9-11-28-12-10-27/h3-4,13,15H,5-12H2,1-2H3. The molecule has 0 radical (unpaired) electrons. The van der Waals surface area contributed by atoms with Crippen molar-refractivity contribution in [2.75, 3.05) is 67.2 Å². The van der Waals surface area contributed by atoms with Crippen molar-refractivity contribution in [1.29, 1.82) is 5.26 Å². The van der Waals surface area contributed by atoms with Gasteiger partial charge in [-0.15, -0.1) is 0 Å². The van der Waals surface area contributed by atoms with E-state index in [9.17, 15) is 5.26 Å². The maximum atomic E-state index is 9.83. The molecule has 0 amide bonds. The molecule has 2 aliphatic heterocycles. The van der Waals surface area contributed by atoms with Crippen LogP contribution in [-0.4, -0.2) is 62.5 Å². The quantitative estimate of drug-likeness (QED) is 0.810. The van der Waals surface area contributed by atoms with Gasteiger partial charge >= 0.3 is 0 Å². The molecule has 0 atom stereocenters. The molecule has 3 heterocycles. The third-order valence-corrected chi connectivity index (χ3v) is 5.51. The molecule has 7 heteroatoms. The summed E-state index contributed by atoms with van der Waals surface area (Å²) in [5.74, 6) is 1.48. The topological polar surface area (TPSA) is 68.5 Å². The molecule has 2 aromatic rings. The Balaban J connectivity index is 1.53. The Hall–Kier alpha value is -2.85. The molecule has 0 aliphatic carbocycles. The number of morpholine rings is 1.